The van der Waals surface area contributed by atoms with Crippen LogP contribution in [0.3, 0.4) is 0 Å². The number of hydrogen-bond acceptors (Lipinski definition) is 7. The molecule has 0 atom stereocenters. The zero-order chi connectivity index (χ0) is 19.4. The first kappa shape index (κ1) is 19.3. The third-order valence-corrected chi connectivity index (χ3v) is 5.38. The van der Waals surface area contributed by atoms with Crippen molar-refractivity contribution in [2.75, 3.05) is 20.8 Å². The molecule has 8 heteroatoms. The highest BCUT2D eigenvalue weighted by atomic mass is 32.1. The van der Waals surface area contributed by atoms with Crippen molar-refractivity contribution >= 4 is 16.3 Å². The van der Waals surface area contributed by atoms with E-state index in [1.807, 2.05) is 25.1 Å². The molecule has 0 unspecified atom stereocenters. The molecular formula is C19H24N4O3S. The standard InChI is InChI=1S/C19H24N4O3S/c1-5-17-21-23-18(24)10-14(20-19(23)27-17)12-22(6-2)11-13-7-8-15(25-3)16(9-13)26-4/h7-10H,5-6,11-12H2,1-4H3. The van der Waals surface area contributed by atoms with Crippen molar-refractivity contribution in [2.24, 2.45) is 0 Å². The first-order chi connectivity index (χ1) is 13.1. The van der Waals surface area contributed by atoms with Gasteiger partial charge in [-0.2, -0.15) is 9.61 Å². The third kappa shape index (κ3) is 4.28. The lowest BCUT2D eigenvalue weighted by Gasteiger charge is -2.20. The van der Waals surface area contributed by atoms with Gasteiger partial charge in [0.2, 0.25) is 4.96 Å². The van der Waals surface area contributed by atoms with E-state index in [0.717, 1.165) is 35.8 Å². The van der Waals surface area contributed by atoms with Crippen molar-refractivity contribution in [3.63, 3.8) is 0 Å². The fourth-order valence-corrected chi connectivity index (χ4v) is 3.72. The quantitative estimate of drug-likeness (QED) is 0.591. The van der Waals surface area contributed by atoms with E-state index >= 15 is 0 Å². The number of aromatic nitrogens is 3. The van der Waals surface area contributed by atoms with Gasteiger partial charge in [0.25, 0.3) is 5.56 Å². The molecule has 27 heavy (non-hydrogen) atoms. The van der Waals surface area contributed by atoms with Crippen LogP contribution in [0.1, 0.15) is 30.1 Å². The summed E-state index contributed by atoms with van der Waals surface area (Å²) in [6.45, 7) is 6.26. The number of nitrogens with zero attached hydrogens (tertiary/aromatic N) is 4. The van der Waals surface area contributed by atoms with Gasteiger partial charge in [0.05, 0.1) is 19.9 Å². The van der Waals surface area contributed by atoms with Crippen LogP contribution in [-0.4, -0.2) is 40.3 Å². The molecule has 2 heterocycles. The first-order valence-corrected chi connectivity index (χ1v) is 9.71. The summed E-state index contributed by atoms with van der Waals surface area (Å²) in [4.78, 5) is 19.8. The molecule has 0 saturated heterocycles. The highest BCUT2D eigenvalue weighted by Gasteiger charge is 2.12. The van der Waals surface area contributed by atoms with Gasteiger partial charge >= 0.3 is 0 Å². The minimum atomic E-state index is -0.131. The predicted octanol–water partition coefficient (Wildman–Crippen LogP) is 2.75. The summed E-state index contributed by atoms with van der Waals surface area (Å²) in [5.74, 6) is 1.42. The summed E-state index contributed by atoms with van der Waals surface area (Å²) in [6.07, 6.45) is 0.795. The fourth-order valence-electron chi connectivity index (χ4n) is 2.87. The Balaban J connectivity index is 1.81. The molecule has 144 valence electrons. The highest BCUT2D eigenvalue weighted by molar-refractivity contribution is 7.16. The second-order valence-corrected chi connectivity index (χ2v) is 7.16. The number of ether oxygens (including phenoxy) is 2. The summed E-state index contributed by atoms with van der Waals surface area (Å²) in [7, 11) is 3.25. The smallest absolute Gasteiger partial charge is 0.275 e. The molecule has 0 aliphatic heterocycles. The minimum Gasteiger partial charge on any atom is -0.493 e. The highest BCUT2D eigenvalue weighted by Crippen LogP contribution is 2.28. The van der Waals surface area contributed by atoms with E-state index in [1.165, 1.54) is 15.9 Å². The van der Waals surface area contributed by atoms with Gasteiger partial charge in [-0.3, -0.25) is 9.69 Å². The number of benzene rings is 1. The van der Waals surface area contributed by atoms with Gasteiger partial charge in [-0.1, -0.05) is 31.3 Å². The van der Waals surface area contributed by atoms with Crippen LogP contribution in [0.25, 0.3) is 4.96 Å². The van der Waals surface area contributed by atoms with Crippen molar-refractivity contribution in [1.29, 1.82) is 0 Å². The number of hydrogen-bond donors (Lipinski definition) is 0. The lowest BCUT2D eigenvalue weighted by Crippen LogP contribution is -2.25. The van der Waals surface area contributed by atoms with E-state index in [2.05, 4.69) is 21.9 Å². The number of aryl methyl sites for hydroxylation is 1. The van der Waals surface area contributed by atoms with Crippen LogP contribution in [-0.2, 0) is 19.5 Å². The van der Waals surface area contributed by atoms with E-state index in [1.54, 1.807) is 20.3 Å². The largest absolute Gasteiger partial charge is 0.493 e. The molecule has 7 nitrogen and oxygen atoms in total. The van der Waals surface area contributed by atoms with Gasteiger partial charge in [0.1, 0.15) is 5.01 Å². The summed E-state index contributed by atoms with van der Waals surface area (Å²) in [5, 5.41) is 5.21. The summed E-state index contributed by atoms with van der Waals surface area (Å²) in [5.41, 5.74) is 1.74. The fraction of sp³-hybridized carbons (Fsp3) is 0.421. The van der Waals surface area contributed by atoms with Gasteiger partial charge in [-0.05, 0) is 30.7 Å². The van der Waals surface area contributed by atoms with Crippen LogP contribution in [0, 0.1) is 0 Å². The van der Waals surface area contributed by atoms with Gasteiger partial charge < -0.3 is 9.47 Å². The van der Waals surface area contributed by atoms with Gasteiger partial charge in [-0.15, -0.1) is 0 Å². The van der Waals surface area contributed by atoms with E-state index < -0.39 is 0 Å². The van der Waals surface area contributed by atoms with Crippen LogP contribution >= 0.6 is 11.3 Å². The molecule has 0 aliphatic carbocycles. The maximum absolute atomic E-state index is 12.3. The number of rotatable bonds is 8. The van der Waals surface area contributed by atoms with E-state index in [9.17, 15) is 4.79 Å². The zero-order valence-electron chi connectivity index (χ0n) is 16.1. The molecule has 0 amide bonds. The second kappa shape index (κ2) is 8.49. The Morgan fingerprint density at radius 2 is 1.89 bits per heavy atom. The van der Waals surface area contributed by atoms with Crippen molar-refractivity contribution in [1.82, 2.24) is 19.5 Å². The lowest BCUT2D eigenvalue weighted by atomic mass is 10.2. The van der Waals surface area contributed by atoms with E-state index in [-0.39, 0.29) is 5.56 Å². The summed E-state index contributed by atoms with van der Waals surface area (Å²) in [6, 6.07) is 7.47. The normalized spacial score (nSPS) is 11.3. The van der Waals surface area contributed by atoms with Crippen molar-refractivity contribution in [3.05, 3.63) is 50.9 Å². The molecular weight excluding hydrogens is 364 g/mol. The summed E-state index contributed by atoms with van der Waals surface area (Å²) < 4.78 is 12.1. The number of fused-ring (bicyclic) bond motifs is 1. The average Bonchev–Trinajstić information content (AvgIpc) is 3.11. The van der Waals surface area contributed by atoms with Gasteiger partial charge in [-0.25, -0.2) is 4.98 Å². The molecule has 0 radical (unpaired) electrons. The Labute approximate surface area is 162 Å². The average molecular weight is 388 g/mol. The Kier molecular flexibility index (Phi) is 6.08. The van der Waals surface area contributed by atoms with Gasteiger partial charge in [0, 0.05) is 19.2 Å². The van der Waals surface area contributed by atoms with Gasteiger partial charge in [0.15, 0.2) is 11.5 Å². The van der Waals surface area contributed by atoms with Crippen molar-refractivity contribution in [2.45, 2.75) is 33.4 Å². The number of methoxy groups -OCH3 is 2. The van der Waals surface area contributed by atoms with E-state index in [0.29, 0.717) is 23.0 Å². The maximum Gasteiger partial charge on any atom is 0.275 e. The van der Waals surface area contributed by atoms with Crippen LogP contribution < -0.4 is 15.0 Å². The molecule has 0 bridgehead atoms. The Morgan fingerprint density at radius 1 is 1.11 bits per heavy atom. The molecule has 0 N–H and O–H groups in total. The third-order valence-electron chi connectivity index (χ3n) is 4.33. The lowest BCUT2D eigenvalue weighted by molar-refractivity contribution is 0.267. The Hall–Kier alpha value is -2.45. The van der Waals surface area contributed by atoms with Crippen LogP contribution in [0.15, 0.2) is 29.1 Å². The monoisotopic (exact) mass is 388 g/mol. The molecule has 1 aromatic carbocycles. The molecule has 0 aliphatic rings. The topological polar surface area (TPSA) is 69.0 Å². The molecule has 0 spiro atoms. The second-order valence-electron chi connectivity index (χ2n) is 6.12. The minimum absolute atomic E-state index is 0.131. The Morgan fingerprint density at radius 3 is 2.56 bits per heavy atom. The van der Waals surface area contributed by atoms with Crippen LogP contribution in [0.4, 0.5) is 0 Å². The first-order valence-electron chi connectivity index (χ1n) is 8.89. The molecule has 3 aromatic rings. The molecule has 0 saturated carbocycles. The molecule has 3 rings (SSSR count). The maximum atomic E-state index is 12.3. The van der Waals surface area contributed by atoms with E-state index in [4.69, 9.17) is 9.47 Å². The SMILES string of the molecule is CCc1nn2c(=O)cc(CN(CC)Cc3ccc(OC)c(OC)c3)nc2s1. The predicted molar refractivity (Wildman–Crippen MR) is 106 cm³/mol. The zero-order valence-corrected chi connectivity index (χ0v) is 16.9. The van der Waals surface area contributed by atoms with Crippen molar-refractivity contribution < 1.29 is 9.47 Å². The van der Waals surface area contributed by atoms with Crippen LogP contribution in [0.2, 0.25) is 0 Å². The van der Waals surface area contributed by atoms with Crippen molar-refractivity contribution in [3.8, 4) is 11.5 Å². The molecule has 0 fully saturated rings. The molecule has 2 aromatic heterocycles. The van der Waals surface area contributed by atoms with Crippen LogP contribution in [0.5, 0.6) is 11.5 Å². The Bertz CT molecular complexity index is 983. The summed E-state index contributed by atoms with van der Waals surface area (Å²) >= 11 is 1.47.